The van der Waals surface area contributed by atoms with E-state index in [1.807, 2.05) is 115 Å². The van der Waals surface area contributed by atoms with Crippen LogP contribution in [0.4, 0.5) is 0 Å². The van der Waals surface area contributed by atoms with E-state index >= 15 is 0 Å². The van der Waals surface area contributed by atoms with Crippen LogP contribution in [0.3, 0.4) is 0 Å². The average molecular weight is 683 g/mol. The van der Waals surface area contributed by atoms with Gasteiger partial charge in [-0.15, -0.1) is 0 Å². The molecule has 0 fully saturated rings. The second-order valence-corrected chi connectivity index (χ2v) is 12.2. The van der Waals surface area contributed by atoms with Gasteiger partial charge in [0.25, 0.3) is 5.91 Å². The van der Waals surface area contributed by atoms with Crippen LogP contribution in [0.5, 0.6) is 17.2 Å². The summed E-state index contributed by atoms with van der Waals surface area (Å²) in [6.45, 7) is 0.713. The van der Waals surface area contributed by atoms with Crippen LogP contribution in [0.1, 0.15) is 41.2 Å². The fourth-order valence-corrected chi connectivity index (χ4v) is 6.06. The summed E-state index contributed by atoms with van der Waals surface area (Å²) in [4.78, 5) is 19.8. The molecule has 6 rings (SSSR count). The summed E-state index contributed by atoms with van der Waals surface area (Å²) in [7, 11) is 3.17. The maximum atomic E-state index is 14.7. The smallest absolute Gasteiger partial charge is 0.252 e. The zero-order chi connectivity index (χ0) is 35.5. The first-order valence-electron chi connectivity index (χ1n) is 17.0. The number of ether oxygens (including phenoxy) is 4. The zero-order valence-electron chi connectivity index (χ0n) is 28.8. The lowest BCUT2D eigenvalue weighted by atomic mass is 9.83. The summed E-state index contributed by atoms with van der Waals surface area (Å²) in [6, 6.07) is 41.3. The monoisotopic (exact) mass is 682 g/mol. The number of methoxy groups -OCH3 is 2. The molecule has 1 amide bonds. The molecule has 8 heteroatoms. The van der Waals surface area contributed by atoms with Crippen molar-refractivity contribution in [1.82, 2.24) is 5.32 Å². The van der Waals surface area contributed by atoms with Crippen molar-refractivity contribution in [2.75, 3.05) is 27.4 Å². The van der Waals surface area contributed by atoms with Crippen molar-refractivity contribution in [1.29, 1.82) is 0 Å². The first-order valence-corrected chi connectivity index (χ1v) is 17.0. The van der Waals surface area contributed by atoms with E-state index in [9.17, 15) is 4.79 Å². The molecule has 0 aliphatic carbocycles. The summed E-state index contributed by atoms with van der Waals surface area (Å²) < 4.78 is 23.4. The lowest BCUT2D eigenvalue weighted by molar-refractivity contribution is -0.129. The molecule has 0 unspecified atom stereocenters. The number of benzene rings is 5. The Morgan fingerprint density at radius 2 is 1.49 bits per heavy atom. The average Bonchev–Trinajstić information content (AvgIpc) is 3.58. The predicted molar refractivity (Wildman–Crippen MR) is 200 cm³/mol. The maximum Gasteiger partial charge on any atom is 0.252 e. The van der Waals surface area contributed by atoms with E-state index in [2.05, 4.69) is 29.6 Å². The van der Waals surface area contributed by atoms with Gasteiger partial charge in [-0.25, -0.2) is 4.99 Å². The Bertz CT molecular complexity index is 1940. The molecule has 8 nitrogen and oxygen atoms in total. The van der Waals surface area contributed by atoms with Crippen LogP contribution >= 0.6 is 0 Å². The molecule has 0 spiro atoms. The normalized spacial score (nSPS) is 16.7. The first-order chi connectivity index (χ1) is 25.0. The van der Waals surface area contributed by atoms with Crippen molar-refractivity contribution in [3.8, 4) is 28.4 Å². The predicted octanol–water partition coefficient (Wildman–Crippen LogP) is 7.81. The van der Waals surface area contributed by atoms with Gasteiger partial charge in [0.2, 0.25) is 5.90 Å². The molecule has 0 radical (unpaired) electrons. The van der Waals surface area contributed by atoms with Crippen LogP contribution in [0, 0.1) is 0 Å². The summed E-state index contributed by atoms with van der Waals surface area (Å²) >= 11 is 0. The number of rotatable bonds is 15. The van der Waals surface area contributed by atoms with Crippen molar-refractivity contribution in [3.05, 3.63) is 156 Å². The Morgan fingerprint density at radius 1 is 0.824 bits per heavy atom. The molecule has 1 aliphatic heterocycles. The largest absolute Gasteiger partial charge is 0.494 e. The number of carbonyl (C=O) groups excluding carboxylic acids is 1. The summed E-state index contributed by atoms with van der Waals surface area (Å²) in [5.74, 6) is 1.95. The van der Waals surface area contributed by atoms with Crippen LogP contribution in [0.2, 0.25) is 0 Å². The number of hydrogen-bond donors (Lipinski definition) is 2. The Hall–Kier alpha value is -5.86. The highest BCUT2D eigenvalue weighted by Crippen LogP contribution is 2.43. The third-order valence-electron chi connectivity index (χ3n) is 8.79. The molecule has 1 aliphatic rings. The SMILES string of the molecule is COc1ccc(CNC(=O)[C@]2(C/C=C/c3ccccc3)N=C(c3ccc(OCCCO)cc3)O[C@@H]2c2ccc(-c3ccccc3)cc2)cc1OC. The number of carbonyl (C=O) groups is 1. The van der Waals surface area contributed by atoms with Gasteiger partial charge in [-0.1, -0.05) is 103 Å². The lowest BCUT2D eigenvalue weighted by Crippen LogP contribution is -2.47. The molecule has 260 valence electrons. The van der Waals surface area contributed by atoms with Crippen molar-refractivity contribution in [3.63, 3.8) is 0 Å². The van der Waals surface area contributed by atoms with Crippen LogP contribution in [0.15, 0.2) is 138 Å². The van der Waals surface area contributed by atoms with Gasteiger partial charge in [-0.2, -0.15) is 0 Å². The van der Waals surface area contributed by atoms with Gasteiger partial charge in [0.15, 0.2) is 23.1 Å². The highest BCUT2D eigenvalue weighted by molar-refractivity contribution is 6.01. The van der Waals surface area contributed by atoms with E-state index in [0.717, 1.165) is 33.4 Å². The van der Waals surface area contributed by atoms with E-state index in [-0.39, 0.29) is 25.5 Å². The Balaban J connectivity index is 1.38. The molecule has 51 heavy (non-hydrogen) atoms. The van der Waals surface area contributed by atoms with Crippen molar-refractivity contribution in [2.24, 2.45) is 4.99 Å². The third kappa shape index (κ3) is 8.31. The quantitative estimate of drug-likeness (QED) is 0.109. The van der Waals surface area contributed by atoms with Crippen molar-refractivity contribution >= 4 is 17.9 Å². The number of amides is 1. The lowest BCUT2D eigenvalue weighted by Gasteiger charge is -2.30. The second-order valence-electron chi connectivity index (χ2n) is 12.2. The molecule has 1 heterocycles. The fraction of sp³-hybridized carbons (Fsp3) is 0.209. The third-order valence-corrected chi connectivity index (χ3v) is 8.79. The van der Waals surface area contributed by atoms with Crippen LogP contribution < -0.4 is 19.5 Å². The second kappa shape index (κ2) is 16.7. The van der Waals surface area contributed by atoms with Gasteiger partial charge in [0.1, 0.15) is 5.75 Å². The van der Waals surface area contributed by atoms with E-state index < -0.39 is 11.6 Å². The highest BCUT2D eigenvalue weighted by atomic mass is 16.5. The standard InChI is InChI=1S/C43H42N2O6/c1-48-38-25-16-32(29-39(38)49-2)30-44-42(47)43(26-9-13-31-11-5-3-6-12-31)40(35-19-17-34(18-20-35)33-14-7-4-8-15-33)51-41(45-43)36-21-23-37(24-22-36)50-28-10-27-46/h3-9,11-25,29,40,46H,10,26-28,30H2,1-2H3,(H,44,47)/b13-9+/t40-,43-/m1/s1. The molecular formula is C43H42N2O6. The molecule has 2 N–H and O–H groups in total. The zero-order valence-corrected chi connectivity index (χ0v) is 28.8. The molecule has 5 aromatic carbocycles. The molecule has 0 aromatic heterocycles. The number of aliphatic hydroxyl groups excluding tert-OH is 1. The number of nitrogens with one attached hydrogen (secondary N) is 1. The van der Waals surface area contributed by atoms with Gasteiger partial charge in [0.05, 0.1) is 20.8 Å². The fourth-order valence-electron chi connectivity index (χ4n) is 6.06. The number of aliphatic hydroxyl groups is 1. The number of nitrogens with zero attached hydrogens (tertiary/aromatic N) is 1. The van der Waals surface area contributed by atoms with Crippen molar-refractivity contribution < 1.29 is 28.8 Å². The van der Waals surface area contributed by atoms with Gasteiger partial charge in [-0.05, 0) is 64.2 Å². The summed E-state index contributed by atoms with van der Waals surface area (Å²) in [5.41, 5.74) is 4.22. The maximum absolute atomic E-state index is 14.7. The van der Waals surface area contributed by atoms with Crippen LogP contribution in [-0.2, 0) is 16.1 Å². The van der Waals surface area contributed by atoms with Crippen LogP contribution in [-0.4, -0.2) is 49.9 Å². The molecule has 5 aromatic rings. The molecular weight excluding hydrogens is 640 g/mol. The Kier molecular flexibility index (Phi) is 11.5. The molecule has 0 saturated heterocycles. The molecule has 0 bridgehead atoms. The highest BCUT2D eigenvalue weighted by Gasteiger charge is 2.52. The Labute approximate surface area is 299 Å². The Morgan fingerprint density at radius 3 is 2.18 bits per heavy atom. The van der Waals surface area contributed by atoms with Crippen molar-refractivity contribution in [2.45, 2.75) is 31.0 Å². The van der Waals surface area contributed by atoms with Gasteiger partial charge < -0.3 is 29.4 Å². The number of hydrogen-bond acceptors (Lipinski definition) is 7. The van der Waals surface area contributed by atoms with E-state index in [1.54, 1.807) is 14.2 Å². The first kappa shape index (κ1) is 35.0. The van der Waals surface area contributed by atoms with E-state index in [0.29, 0.717) is 36.2 Å². The topological polar surface area (TPSA) is 98.6 Å². The molecule has 2 atom stereocenters. The minimum Gasteiger partial charge on any atom is -0.494 e. The number of aliphatic imine (C=N–C) groups is 1. The van der Waals surface area contributed by atoms with Gasteiger partial charge in [0, 0.05) is 31.6 Å². The van der Waals surface area contributed by atoms with Gasteiger partial charge >= 0.3 is 0 Å². The van der Waals surface area contributed by atoms with Crippen LogP contribution in [0.25, 0.3) is 17.2 Å². The minimum atomic E-state index is -1.35. The van der Waals surface area contributed by atoms with Gasteiger partial charge in [-0.3, -0.25) is 4.79 Å². The summed E-state index contributed by atoms with van der Waals surface area (Å²) in [5, 5.41) is 12.3. The summed E-state index contributed by atoms with van der Waals surface area (Å²) in [6.07, 6.45) is 4.08. The minimum absolute atomic E-state index is 0.0608. The van der Waals surface area contributed by atoms with E-state index in [4.69, 9.17) is 29.0 Å². The van der Waals surface area contributed by atoms with E-state index in [1.165, 1.54) is 0 Å². The molecule has 0 saturated carbocycles.